The Bertz CT molecular complexity index is 808. The van der Waals surface area contributed by atoms with E-state index in [1.807, 2.05) is 0 Å². The second-order valence-corrected chi connectivity index (χ2v) is 4.75. The molecule has 0 unspecified atom stereocenters. The molecule has 0 aliphatic rings. The monoisotopic (exact) mass is 323 g/mol. The van der Waals surface area contributed by atoms with Crippen molar-refractivity contribution in [2.45, 2.75) is 6.61 Å². The highest BCUT2D eigenvalue weighted by Crippen LogP contribution is 2.35. The first kappa shape index (κ1) is 15.2. The fraction of sp³-hybridized carbons (Fsp3) is 0.0625. The molecule has 3 aromatic rings. The van der Waals surface area contributed by atoms with Crippen LogP contribution in [0.5, 0.6) is 0 Å². The molecule has 0 fully saturated rings. The van der Waals surface area contributed by atoms with E-state index in [4.69, 9.17) is 4.52 Å². The Hall–Kier alpha value is -2.67. The van der Waals surface area contributed by atoms with Crippen LogP contribution in [0.3, 0.4) is 0 Å². The van der Waals surface area contributed by atoms with E-state index in [0.717, 1.165) is 36.4 Å². The molecule has 1 aromatic heterocycles. The van der Waals surface area contributed by atoms with Gasteiger partial charge < -0.3 is 9.63 Å². The van der Waals surface area contributed by atoms with Crippen molar-refractivity contribution in [3.05, 3.63) is 65.2 Å². The molecule has 0 atom stereocenters. The molecule has 0 bridgehead atoms. The lowest BCUT2D eigenvalue weighted by Crippen LogP contribution is -1.94. The molecule has 3 rings (SSSR count). The first-order valence-corrected chi connectivity index (χ1v) is 6.51. The summed E-state index contributed by atoms with van der Waals surface area (Å²) in [7, 11) is 0. The Kier molecular flexibility index (Phi) is 3.87. The summed E-state index contributed by atoms with van der Waals surface area (Å²) in [5.74, 6) is -3.28. The Morgan fingerprint density at radius 3 is 2.04 bits per heavy atom. The van der Waals surface area contributed by atoms with Gasteiger partial charge >= 0.3 is 0 Å². The molecule has 0 amide bonds. The minimum atomic E-state index is -0.802. The van der Waals surface area contributed by atoms with E-state index in [2.05, 4.69) is 5.16 Å². The maximum Gasteiger partial charge on any atom is 0.176 e. The number of benzene rings is 2. The number of nitrogens with zero attached hydrogens (tertiary/aromatic N) is 1. The zero-order chi connectivity index (χ0) is 16.6. The van der Waals surface area contributed by atoms with E-state index >= 15 is 0 Å². The van der Waals surface area contributed by atoms with Crippen molar-refractivity contribution in [3.8, 4) is 22.6 Å². The van der Waals surface area contributed by atoms with Gasteiger partial charge in [0.25, 0.3) is 0 Å². The van der Waals surface area contributed by atoms with Crippen molar-refractivity contribution >= 4 is 0 Å². The summed E-state index contributed by atoms with van der Waals surface area (Å²) in [6.45, 7) is -0.680. The summed E-state index contributed by atoms with van der Waals surface area (Å²) < 4.78 is 59.3. The van der Waals surface area contributed by atoms with Gasteiger partial charge in [-0.25, -0.2) is 17.6 Å². The summed E-state index contributed by atoms with van der Waals surface area (Å²) in [5.41, 5.74) is -0.771. The molecule has 23 heavy (non-hydrogen) atoms. The molecule has 0 aliphatic carbocycles. The number of hydrogen-bond donors (Lipinski definition) is 1. The van der Waals surface area contributed by atoms with Crippen molar-refractivity contribution in [1.82, 2.24) is 5.16 Å². The van der Waals surface area contributed by atoms with Gasteiger partial charge in [-0.2, -0.15) is 0 Å². The van der Waals surface area contributed by atoms with Crippen LogP contribution in [0, 0.1) is 23.3 Å². The predicted octanol–water partition coefficient (Wildman–Crippen LogP) is 4.06. The van der Waals surface area contributed by atoms with Crippen LogP contribution < -0.4 is 0 Å². The minimum Gasteiger partial charge on any atom is -0.391 e. The van der Waals surface area contributed by atoms with Gasteiger partial charge in [-0.05, 0) is 36.4 Å². The lowest BCUT2D eigenvalue weighted by molar-refractivity contribution is 0.281. The quantitative estimate of drug-likeness (QED) is 0.740. The van der Waals surface area contributed by atoms with Crippen molar-refractivity contribution in [1.29, 1.82) is 0 Å². The Morgan fingerprint density at radius 2 is 1.43 bits per heavy atom. The van der Waals surface area contributed by atoms with Crippen LogP contribution in [-0.2, 0) is 6.61 Å². The third-order valence-corrected chi connectivity index (χ3v) is 3.30. The first-order chi connectivity index (χ1) is 11.0. The van der Waals surface area contributed by atoms with Gasteiger partial charge in [0.05, 0.1) is 17.7 Å². The lowest BCUT2D eigenvalue weighted by Gasteiger charge is -2.04. The van der Waals surface area contributed by atoms with Gasteiger partial charge in [-0.3, -0.25) is 0 Å². The van der Waals surface area contributed by atoms with Gasteiger partial charge in [-0.1, -0.05) is 5.16 Å². The normalized spacial score (nSPS) is 11.0. The smallest absolute Gasteiger partial charge is 0.176 e. The molecule has 0 saturated heterocycles. The number of aromatic nitrogens is 1. The average Bonchev–Trinajstić information content (AvgIpc) is 2.95. The van der Waals surface area contributed by atoms with Crippen LogP contribution in [0.4, 0.5) is 17.6 Å². The van der Waals surface area contributed by atoms with Gasteiger partial charge in [0.15, 0.2) is 5.76 Å². The fourth-order valence-electron chi connectivity index (χ4n) is 2.23. The highest BCUT2D eigenvalue weighted by molar-refractivity contribution is 5.73. The Morgan fingerprint density at radius 1 is 0.870 bits per heavy atom. The number of rotatable bonds is 3. The minimum absolute atomic E-state index is 0.0704. The van der Waals surface area contributed by atoms with Crippen LogP contribution in [-0.4, -0.2) is 10.3 Å². The summed E-state index contributed by atoms with van der Waals surface area (Å²) in [5, 5.41) is 13.1. The predicted molar refractivity (Wildman–Crippen MR) is 73.1 cm³/mol. The number of halogens is 4. The molecule has 0 aliphatic heterocycles. The highest BCUT2D eigenvalue weighted by atomic mass is 19.1. The third-order valence-electron chi connectivity index (χ3n) is 3.30. The number of aliphatic hydroxyl groups excluding tert-OH is 1. The van der Waals surface area contributed by atoms with E-state index < -0.39 is 29.9 Å². The van der Waals surface area contributed by atoms with Crippen LogP contribution >= 0.6 is 0 Å². The summed E-state index contributed by atoms with van der Waals surface area (Å²) >= 11 is 0. The van der Waals surface area contributed by atoms with Crippen LogP contribution in [0.15, 0.2) is 40.9 Å². The zero-order valence-corrected chi connectivity index (χ0v) is 11.5. The standard InChI is InChI=1S/C16H9F4NO2/c17-8-1-3-13(19)10(5-8)15-12(7-22)16(23-21-15)11-6-9(18)2-4-14(11)20/h1-6,22H,7H2. The molecule has 0 spiro atoms. The second kappa shape index (κ2) is 5.85. The Balaban J connectivity index is 2.21. The fourth-order valence-corrected chi connectivity index (χ4v) is 2.23. The maximum atomic E-state index is 13.9. The van der Waals surface area contributed by atoms with E-state index in [0.29, 0.717) is 0 Å². The summed E-state index contributed by atoms with van der Waals surface area (Å²) in [6.07, 6.45) is 0. The van der Waals surface area contributed by atoms with E-state index in [1.54, 1.807) is 0 Å². The first-order valence-electron chi connectivity index (χ1n) is 6.51. The molecule has 1 heterocycles. The van der Waals surface area contributed by atoms with Crippen LogP contribution in [0.25, 0.3) is 22.6 Å². The Labute approximate surface area is 127 Å². The maximum absolute atomic E-state index is 13.9. The van der Waals surface area contributed by atoms with Gasteiger partial charge in [0.2, 0.25) is 0 Å². The SMILES string of the molecule is OCc1c(-c2cc(F)ccc2F)noc1-c1cc(F)ccc1F. The summed E-state index contributed by atoms with van der Waals surface area (Å²) in [4.78, 5) is 0. The topological polar surface area (TPSA) is 46.3 Å². The number of aliphatic hydroxyl groups is 1. The van der Waals surface area contributed by atoms with Crippen LogP contribution in [0.1, 0.15) is 5.56 Å². The molecule has 7 heteroatoms. The van der Waals surface area contributed by atoms with Gasteiger partial charge in [0.1, 0.15) is 29.0 Å². The molecular formula is C16H9F4NO2. The van der Waals surface area contributed by atoms with Gasteiger partial charge in [-0.15, -0.1) is 0 Å². The molecule has 118 valence electrons. The largest absolute Gasteiger partial charge is 0.391 e. The van der Waals surface area contributed by atoms with Crippen molar-refractivity contribution in [3.63, 3.8) is 0 Å². The molecular weight excluding hydrogens is 314 g/mol. The number of hydrogen-bond acceptors (Lipinski definition) is 3. The van der Waals surface area contributed by atoms with Crippen molar-refractivity contribution in [2.24, 2.45) is 0 Å². The molecule has 3 nitrogen and oxygen atoms in total. The van der Waals surface area contributed by atoms with Crippen LogP contribution in [0.2, 0.25) is 0 Å². The lowest BCUT2D eigenvalue weighted by atomic mass is 10.0. The zero-order valence-electron chi connectivity index (χ0n) is 11.5. The van der Waals surface area contributed by atoms with E-state index in [9.17, 15) is 22.7 Å². The highest BCUT2D eigenvalue weighted by Gasteiger charge is 2.23. The molecule has 0 saturated carbocycles. The van der Waals surface area contributed by atoms with E-state index in [1.165, 1.54) is 0 Å². The van der Waals surface area contributed by atoms with Crippen molar-refractivity contribution < 1.29 is 27.2 Å². The summed E-state index contributed by atoms with van der Waals surface area (Å²) in [6, 6.07) is 5.35. The van der Waals surface area contributed by atoms with Gasteiger partial charge in [0, 0.05) is 5.56 Å². The van der Waals surface area contributed by atoms with E-state index in [-0.39, 0.29) is 28.1 Å². The molecule has 1 N–H and O–H groups in total. The van der Waals surface area contributed by atoms with Crippen molar-refractivity contribution in [2.75, 3.05) is 0 Å². The molecule has 0 radical (unpaired) electrons. The molecule has 2 aromatic carbocycles. The average molecular weight is 323 g/mol. The third kappa shape index (κ3) is 2.70. The second-order valence-electron chi connectivity index (χ2n) is 4.75.